The molecule has 0 aliphatic heterocycles. The molecule has 0 aromatic heterocycles. The van der Waals surface area contributed by atoms with Gasteiger partial charge in [-0.25, -0.2) is 0 Å². The van der Waals surface area contributed by atoms with Crippen LogP contribution in [0.5, 0.6) is 0 Å². The van der Waals surface area contributed by atoms with Gasteiger partial charge in [0.05, 0.1) is 0 Å². The third kappa shape index (κ3) is 30.3. The number of nitrogens with zero attached hydrogens (tertiary/aromatic N) is 1. The smallest absolute Gasteiger partial charge is 0.306 e. The van der Waals surface area contributed by atoms with Crippen LogP contribution in [0, 0.1) is 0 Å². The zero-order chi connectivity index (χ0) is 32.4. The van der Waals surface area contributed by atoms with Gasteiger partial charge in [0.1, 0.15) is 13.2 Å². The van der Waals surface area contributed by atoms with Crippen molar-refractivity contribution in [3.63, 3.8) is 0 Å². The highest BCUT2D eigenvalue weighted by Gasteiger charge is 2.12. The number of rotatable bonds is 31. The Labute approximate surface area is 275 Å². The topological polar surface area (TPSA) is 72.9 Å². The molecule has 0 N–H and O–H groups in total. The molecule has 0 unspecified atom stereocenters. The standard InChI is InChI=1S/C37H67NO5S/c1-4-6-8-10-12-14-16-18-20-28-34-43-36(40)30-24-22-26-32-38(37(41)44-3)31-25-21-23-29-35(39)42-33-27-19-17-15-13-11-9-7-5-2/h19-20,27-28H,4-18,21-26,29-34H2,1-3H3/b27-19-,28-20-. The SMILES string of the molecule is CCCCCCCC/C=C\COC(=O)CCCCCN(CCCCCC(=O)OC/C=C\CCCCCCCCC)C(=O)SC. The number of allylic oxidation sites excluding steroid dienone is 2. The van der Waals surface area contributed by atoms with E-state index in [4.69, 9.17) is 9.47 Å². The molecule has 0 spiro atoms. The second kappa shape index (κ2) is 34.1. The van der Waals surface area contributed by atoms with Crippen molar-refractivity contribution in [2.75, 3.05) is 32.6 Å². The predicted molar refractivity (Wildman–Crippen MR) is 188 cm³/mol. The molecular formula is C37H67NO5S. The molecule has 6 nitrogen and oxygen atoms in total. The largest absolute Gasteiger partial charge is 0.461 e. The first-order valence-corrected chi connectivity index (χ1v) is 19.2. The van der Waals surface area contributed by atoms with Gasteiger partial charge in [0.25, 0.3) is 5.24 Å². The second-order valence-electron chi connectivity index (χ2n) is 11.9. The zero-order valence-corrected chi connectivity index (χ0v) is 29.6. The molecule has 0 rings (SSSR count). The molecule has 0 aromatic carbocycles. The second-order valence-corrected chi connectivity index (χ2v) is 12.6. The van der Waals surface area contributed by atoms with E-state index in [2.05, 4.69) is 26.0 Å². The number of ether oxygens (including phenoxy) is 2. The average Bonchev–Trinajstić information content (AvgIpc) is 3.02. The van der Waals surface area contributed by atoms with Crippen molar-refractivity contribution in [2.24, 2.45) is 0 Å². The fourth-order valence-corrected chi connectivity index (χ4v) is 5.42. The molecule has 0 aromatic rings. The molecule has 0 bridgehead atoms. The van der Waals surface area contributed by atoms with Gasteiger partial charge in [-0.15, -0.1) is 0 Å². The number of carbonyl (C=O) groups is 3. The van der Waals surface area contributed by atoms with Crippen molar-refractivity contribution < 1.29 is 23.9 Å². The first kappa shape index (κ1) is 42.2. The highest BCUT2D eigenvalue weighted by molar-refractivity contribution is 8.12. The van der Waals surface area contributed by atoms with Gasteiger partial charge in [-0.05, 0) is 57.6 Å². The molecule has 7 heteroatoms. The molecule has 44 heavy (non-hydrogen) atoms. The van der Waals surface area contributed by atoms with Crippen LogP contribution in [0.25, 0.3) is 0 Å². The monoisotopic (exact) mass is 637 g/mol. The summed E-state index contributed by atoms with van der Waals surface area (Å²) in [5.74, 6) is -0.297. The highest BCUT2D eigenvalue weighted by atomic mass is 32.2. The van der Waals surface area contributed by atoms with E-state index < -0.39 is 0 Å². The number of hydrogen-bond acceptors (Lipinski definition) is 6. The number of carbonyl (C=O) groups excluding carboxylic acids is 3. The Hall–Kier alpha value is -1.76. The van der Waals surface area contributed by atoms with Crippen molar-refractivity contribution in [3.8, 4) is 0 Å². The molecule has 0 saturated heterocycles. The molecule has 0 aliphatic rings. The van der Waals surface area contributed by atoms with E-state index in [9.17, 15) is 14.4 Å². The minimum atomic E-state index is -0.149. The lowest BCUT2D eigenvalue weighted by molar-refractivity contribution is -0.143. The van der Waals surface area contributed by atoms with Crippen LogP contribution in [0.4, 0.5) is 4.79 Å². The third-order valence-corrected chi connectivity index (χ3v) is 8.37. The van der Waals surface area contributed by atoms with E-state index in [0.717, 1.165) is 51.4 Å². The van der Waals surface area contributed by atoms with Crippen molar-refractivity contribution in [3.05, 3.63) is 24.3 Å². The summed E-state index contributed by atoms with van der Waals surface area (Å²) in [5, 5.41) is 0.0832. The Balaban J connectivity index is 3.80. The number of unbranched alkanes of at least 4 members (excludes halogenated alkanes) is 17. The normalized spacial score (nSPS) is 11.4. The molecule has 0 saturated carbocycles. The first-order valence-electron chi connectivity index (χ1n) is 18.0. The molecule has 1 amide bonds. The summed E-state index contributed by atoms with van der Waals surface area (Å²) in [6, 6.07) is 0. The maximum Gasteiger partial charge on any atom is 0.306 e. The summed E-state index contributed by atoms with van der Waals surface area (Å²) in [6.07, 6.45) is 34.9. The van der Waals surface area contributed by atoms with Crippen LogP contribution in [0.15, 0.2) is 24.3 Å². The number of thioether (sulfide) groups is 1. The van der Waals surface area contributed by atoms with Gasteiger partial charge in [-0.1, -0.05) is 133 Å². The Morgan fingerprint density at radius 3 is 1.32 bits per heavy atom. The van der Waals surface area contributed by atoms with E-state index in [1.807, 2.05) is 23.3 Å². The van der Waals surface area contributed by atoms with E-state index in [-0.39, 0.29) is 17.2 Å². The highest BCUT2D eigenvalue weighted by Crippen LogP contribution is 2.12. The predicted octanol–water partition coefficient (Wildman–Crippen LogP) is 11.0. The van der Waals surface area contributed by atoms with Crippen LogP contribution in [-0.2, 0) is 19.1 Å². The molecule has 256 valence electrons. The van der Waals surface area contributed by atoms with Gasteiger partial charge in [0.2, 0.25) is 0 Å². The molecule has 0 fully saturated rings. The lowest BCUT2D eigenvalue weighted by Gasteiger charge is -2.21. The van der Waals surface area contributed by atoms with Crippen molar-refractivity contribution in [1.29, 1.82) is 0 Å². The van der Waals surface area contributed by atoms with E-state index in [1.165, 1.54) is 95.2 Å². The first-order chi connectivity index (χ1) is 21.5. The van der Waals surface area contributed by atoms with E-state index >= 15 is 0 Å². The van der Waals surface area contributed by atoms with Crippen molar-refractivity contribution in [1.82, 2.24) is 4.90 Å². The molecule has 0 radical (unpaired) electrons. The minimum Gasteiger partial charge on any atom is -0.461 e. The average molecular weight is 638 g/mol. The Morgan fingerprint density at radius 1 is 0.523 bits per heavy atom. The third-order valence-electron chi connectivity index (χ3n) is 7.76. The zero-order valence-electron chi connectivity index (χ0n) is 28.8. The summed E-state index contributed by atoms with van der Waals surface area (Å²) >= 11 is 1.24. The molecule has 0 atom stereocenters. The Kier molecular flexibility index (Phi) is 32.8. The Bertz CT molecular complexity index is 739. The van der Waals surface area contributed by atoms with Gasteiger partial charge in [0, 0.05) is 25.9 Å². The van der Waals surface area contributed by atoms with Crippen LogP contribution in [0.1, 0.15) is 162 Å². The van der Waals surface area contributed by atoms with Gasteiger partial charge in [-0.3, -0.25) is 14.4 Å². The quantitative estimate of drug-likeness (QED) is 0.0428. The fraction of sp³-hybridized carbons (Fsp3) is 0.811. The molecule has 0 heterocycles. The van der Waals surface area contributed by atoms with E-state index in [1.54, 1.807) is 0 Å². The van der Waals surface area contributed by atoms with E-state index in [0.29, 0.717) is 39.1 Å². The van der Waals surface area contributed by atoms with Crippen LogP contribution < -0.4 is 0 Å². The minimum absolute atomic E-state index is 0.0832. The summed E-state index contributed by atoms with van der Waals surface area (Å²) < 4.78 is 10.6. The van der Waals surface area contributed by atoms with Crippen LogP contribution in [0.2, 0.25) is 0 Å². The van der Waals surface area contributed by atoms with Gasteiger partial charge >= 0.3 is 11.9 Å². The summed E-state index contributed by atoms with van der Waals surface area (Å²) in [5.41, 5.74) is 0. The van der Waals surface area contributed by atoms with Crippen LogP contribution in [-0.4, -0.2) is 54.6 Å². The lowest BCUT2D eigenvalue weighted by Crippen LogP contribution is -2.29. The van der Waals surface area contributed by atoms with Gasteiger partial charge < -0.3 is 14.4 Å². The van der Waals surface area contributed by atoms with Crippen LogP contribution >= 0.6 is 11.8 Å². The molecule has 0 aliphatic carbocycles. The summed E-state index contributed by atoms with van der Waals surface area (Å²) in [6.45, 7) is 6.59. The maximum atomic E-state index is 12.3. The lowest BCUT2D eigenvalue weighted by atomic mass is 10.1. The van der Waals surface area contributed by atoms with Crippen LogP contribution in [0.3, 0.4) is 0 Å². The summed E-state index contributed by atoms with van der Waals surface area (Å²) in [4.78, 5) is 38.2. The van der Waals surface area contributed by atoms with Gasteiger partial charge in [-0.2, -0.15) is 0 Å². The number of amides is 1. The Morgan fingerprint density at radius 2 is 0.909 bits per heavy atom. The van der Waals surface area contributed by atoms with Crippen molar-refractivity contribution in [2.45, 2.75) is 162 Å². The fourth-order valence-electron chi connectivity index (χ4n) is 4.98. The summed E-state index contributed by atoms with van der Waals surface area (Å²) in [7, 11) is 0. The molecular weight excluding hydrogens is 570 g/mol. The maximum absolute atomic E-state index is 12.3. The number of esters is 2. The van der Waals surface area contributed by atoms with Gasteiger partial charge in [0.15, 0.2) is 0 Å². The van der Waals surface area contributed by atoms with Crippen molar-refractivity contribution >= 4 is 28.9 Å². The number of hydrogen-bond donors (Lipinski definition) is 0.